The lowest BCUT2D eigenvalue weighted by molar-refractivity contribution is 0.102. The minimum absolute atomic E-state index is 0.257. The van der Waals surface area contributed by atoms with Crippen LogP contribution in [0.4, 0.5) is 5.69 Å². The Morgan fingerprint density at radius 1 is 1.21 bits per heavy atom. The molecule has 122 valence electrons. The van der Waals surface area contributed by atoms with Crippen molar-refractivity contribution in [3.05, 3.63) is 66.0 Å². The number of ether oxygens (including phenoxy) is 1. The molecule has 6 heteroatoms. The van der Waals surface area contributed by atoms with E-state index in [1.54, 1.807) is 0 Å². The number of rotatable bonds is 5. The number of aryl methyl sites for hydroxylation is 1. The van der Waals surface area contributed by atoms with Crippen molar-refractivity contribution in [3.8, 4) is 11.4 Å². The SMILES string of the molecule is CCOc1ccc(NC(=O)c2cnn(-c3ccccc3)n2)c(C)c1. The van der Waals surface area contributed by atoms with E-state index in [-0.39, 0.29) is 11.6 Å². The van der Waals surface area contributed by atoms with Gasteiger partial charge in [-0.15, -0.1) is 5.10 Å². The molecule has 0 aliphatic heterocycles. The Morgan fingerprint density at radius 3 is 2.71 bits per heavy atom. The van der Waals surface area contributed by atoms with Gasteiger partial charge in [-0.05, 0) is 49.7 Å². The molecule has 0 saturated heterocycles. The highest BCUT2D eigenvalue weighted by Gasteiger charge is 2.13. The summed E-state index contributed by atoms with van der Waals surface area (Å²) in [6.45, 7) is 4.45. The van der Waals surface area contributed by atoms with Crippen LogP contribution in [0.1, 0.15) is 23.0 Å². The van der Waals surface area contributed by atoms with E-state index in [9.17, 15) is 4.79 Å². The van der Waals surface area contributed by atoms with E-state index < -0.39 is 0 Å². The third-order valence-corrected chi connectivity index (χ3v) is 3.47. The average Bonchev–Trinajstić information content (AvgIpc) is 3.08. The fourth-order valence-electron chi connectivity index (χ4n) is 2.27. The van der Waals surface area contributed by atoms with Gasteiger partial charge in [-0.2, -0.15) is 9.90 Å². The summed E-state index contributed by atoms with van der Waals surface area (Å²) in [6.07, 6.45) is 1.45. The van der Waals surface area contributed by atoms with Crippen LogP contribution in [0, 0.1) is 6.92 Å². The molecule has 0 saturated carbocycles. The van der Waals surface area contributed by atoms with Crippen molar-refractivity contribution < 1.29 is 9.53 Å². The Morgan fingerprint density at radius 2 is 2.00 bits per heavy atom. The second-order valence-corrected chi connectivity index (χ2v) is 5.22. The Hall–Kier alpha value is -3.15. The Kier molecular flexibility index (Phi) is 4.56. The molecule has 1 N–H and O–H groups in total. The molecule has 1 heterocycles. The second kappa shape index (κ2) is 6.95. The van der Waals surface area contributed by atoms with E-state index >= 15 is 0 Å². The van der Waals surface area contributed by atoms with Crippen LogP contribution in [-0.2, 0) is 0 Å². The van der Waals surface area contributed by atoms with Gasteiger partial charge in [0.2, 0.25) is 0 Å². The molecule has 0 spiro atoms. The Labute approximate surface area is 140 Å². The molecule has 6 nitrogen and oxygen atoms in total. The zero-order valence-electron chi connectivity index (χ0n) is 13.6. The summed E-state index contributed by atoms with van der Waals surface area (Å²) in [5, 5.41) is 11.2. The van der Waals surface area contributed by atoms with E-state index in [1.165, 1.54) is 11.0 Å². The number of para-hydroxylation sites is 1. The normalized spacial score (nSPS) is 10.4. The van der Waals surface area contributed by atoms with E-state index in [0.717, 1.165) is 22.7 Å². The molecule has 3 aromatic rings. The number of aromatic nitrogens is 3. The van der Waals surface area contributed by atoms with Gasteiger partial charge in [-0.1, -0.05) is 18.2 Å². The van der Waals surface area contributed by atoms with Gasteiger partial charge in [0.1, 0.15) is 5.75 Å². The van der Waals surface area contributed by atoms with Crippen molar-refractivity contribution in [2.75, 3.05) is 11.9 Å². The maximum absolute atomic E-state index is 12.4. The van der Waals surface area contributed by atoms with E-state index in [1.807, 2.05) is 62.4 Å². The molecular formula is C18H18N4O2. The van der Waals surface area contributed by atoms with Crippen molar-refractivity contribution in [1.29, 1.82) is 0 Å². The first-order valence-electron chi connectivity index (χ1n) is 7.70. The smallest absolute Gasteiger partial charge is 0.277 e. The number of carbonyl (C=O) groups excluding carboxylic acids is 1. The summed E-state index contributed by atoms with van der Waals surface area (Å²) in [4.78, 5) is 13.8. The Bertz CT molecular complexity index is 843. The van der Waals surface area contributed by atoms with E-state index in [2.05, 4.69) is 15.5 Å². The fraction of sp³-hybridized carbons (Fsp3) is 0.167. The summed E-state index contributed by atoms with van der Waals surface area (Å²) in [6, 6.07) is 15.0. The summed E-state index contributed by atoms with van der Waals surface area (Å²) in [7, 11) is 0. The number of benzene rings is 2. The molecule has 0 aliphatic rings. The molecule has 0 atom stereocenters. The van der Waals surface area contributed by atoms with Gasteiger partial charge < -0.3 is 10.1 Å². The second-order valence-electron chi connectivity index (χ2n) is 5.22. The largest absolute Gasteiger partial charge is 0.494 e. The van der Waals surface area contributed by atoms with Gasteiger partial charge in [0.25, 0.3) is 5.91 Å². The summed E-state index contributed by atoms with van der Waals surface area (Å²) in [5.74, 6) is 0.479. The van der Waals surface area contributed by atoms with Gasteiger partial charge in [0.15, 0.2) is 5.69 Å². The van der Waals surface area contributed by atoms with Gasteiger partial charge >= 0.3 is 0 Å². The van der Waals surface area contributed by atoms with Crippen LogP contribution >= 0.6 is 0 Å². The first-order chi connectivity index (χ1) is 11.7. The number of amides is 1. The molecule has 0 radical (unpaired) electrons. The molecule has 0 bridgehead atoms. The van der Waals surface area contributed by atoms with Crippen molar-refractivity contribution in [2.24, 2.45) is 0 Å². The van der Waals surface area contributed by atoms with Crippen LogP contribution in [0.25, 0.3) is 5.69 Å². The molecule has 3 rings (SSSR count). The molecule has 24 heavy (non-hydrogen) atoms. The van der Waals surface area contributed by atoms with Gasteiger partial charge in [0.05, 0.1) is 18.5 Å². The average molecular weight is 322 g/mol. The standard InChI is InChI=1S/C18H18N4O2/c1-3-24-15-9-10-16(13(2)11-15)20-18(23)17-12-19-22(21-17)14-7-5-4-6-8-14/h4-12H,3H2,1-2H3,(H,20,23). The minimum Gasteiger partial charge on any atom is -0.494 e. The van der Waals surface area contributed by atoms with Crippen molar-refractivity contribution in [1.82, 2.24) is 15.0 Å². The molecule has 0 unspecified atom stereocenters. The lowest BCUT2D eigenvalue weighted by atomic mass is 10.2. The predicted molar refractivity (Wildman–Crippen MR) is 91.7 cm³/mol. The third kappa shape index (κ3) is 3.43. The zero-order chi connectivity index (χ0) is 16.9. The molecule has 1 aromatic heterocycles. The van der Waals surface area contributed by atoms with Crippen LogP contribution < -0.4 is 10.1 Å². The van der Waals surface area contributed by atoms with Gasteiger partial charge in [-0.3, -0.25) is 4.79 Å². The van der Waals surface area contributed by atoms with Crippen LogP contribution in [-0.4, -0.2) is 27.5 Å². The topological polar surface area (TPSA) is 69.0 Å². The number of hydrogen-bond donors (Lipinski definition) is 1. The Balaban J connectivity index is 1.75. The lowest BCUT2D eigenvalue weighted by Gasteiger charge is -2.09. The number of hydrogen-bond acceptors (Lipinski definition) is 4. The first-order valence-corrected chi connectivity index (χ1v) is 7.70. The number of anilines is 1. The predicted octanol–water partition coefficient (Wildman–Crippen LogP) is 3.23. The number of nitrogens with zero attached hydrogens (tertiary/aromatic N) is 3. The maximum Gasteiger partial charge on any atom is 0.277 e. The monoisotopic (exact) mass is 322 g/mol. The van der Waals surface area contributed by atoms with Gasteiger partial charge in [0, 0.05) is 5.69 Å². The molecule has 1 amide bonds. The molecule has 2 aromatic carbocycles. The van der Waals surface area contributed by atoms with Crippen molar-refractivity contribution in [2.45, 2.75) is 13.8 Å². The van der Waals surface area contributed by atoms with Crippen LogP contribution in [0.5, 0.6) is 5.75 Å². The first kappa shape index (κ1) is 15.7. The number of nitrogens with one attached hydrogen (secondary N) is 1. The summed E-state index contributed by atoms with van der Waals surface area (Å²) in [5.41, 5.74) is 2.70. The summed E-state index contributed by atoms with van der Waals surface area (Å²) >= 11 is 0. The van der Waals surface area contributed by atoms with Crippen LogP contribution in [0.15, 0.2) is 54.7 Å². The van der Waals surface area contributed by atoms with Crippen molar-refractivity contribution >= 4 is 11.6 Å². The summed E-state index contributed by atoms with van der Waals surface area (Å²) < 4.78 is 5.45. The quantitative estimate of drug-likeness (QED) is 0.783. The molecule has 0 aliphatic carbocycles. The fourth-order valence-corrected chi connectivity index (χ4v) is 2.27. The van der Waals surface area contributed by atoms with Crippen LogP contribution in [0.2, 0.25) is 0 Å². The van der Waals surface area contributed by atoms with E-state index in [4.69, 9.17) is 4.74 Å². The van der Waals surface area contributed by atoms with Crippen LogP contribution in [0.3, 0.4) is 0 Å². The highest BCUT2D eigenvalue weighted by atomic mass is 16.5. The maximum atomic E-state index is 12.4. The molecular weight excluding hydrogens is 304 g/mol. The third-order valence-electron chi connectivity index (χ3n) is 3.47. The highest BCUT2D eigenvalue weighted by Crippen LogP contribution is 2.21. The number of carbonyl (C=O) groups is 1. The van der Waals surface area contributed by atoms with E-state index in [0.29, 0.717) is 6.61 Å². The highest BCUT2D eigenvalue weighted by molar-refractivity contribution is 6.03. The zero-order valence-corrected chi connectivity index (χ0v) is 13.6. The lowest BCUT2D eigenvalue weighted by Crippen LogP contribution is -2.14. The molecule has 0 fully saturated rings. The van der Waals surface area contributed by atoms with Crippen molar-refractivity contribution in [3.63, 3.8) is 0 Å². The minimum atomic E-state index is -0.301. The van der Waals surface area contributed by atoms with Gasteiger partial charge in [-0.25, -0.2) is 0 Å².